The van der Waals surface area contributed by atoms with Crippen LogP contribution in [0.3, 0.4) is 0 Å². The van der Waals surface area contributed by atoms with Crippen molar-refractivity contribution in [2.75, 3.05) is 0 Å². The predicted molar refractivity (Wildman–Crippen MR) is 56.7 cm³/mol. The van der Waals surface area contributed by atoms with Gasteiger partial charge in [-0.05, 0) is 12.1 Å². The summed E-state index contributed by atoms with van der Waals surface area (Å²) in [7, 11) is -8.55. The largest absolute Gasteiger partial charge is 0.313 e. The van der Waals surface area contributed by atoms with Gasteiger partial charge < -0.3 is 0 Å². The molecule has 0 saturated heterocycles. The summed E-state index contributed by atoms with van der Waals surface area (Å²) in [5.41, 5.74) is 0.183. The second kappa shape index (κ2) is 3.27. The fourth-order valence-corrected chi connectivity index (χ4v) is 3.77. The normalized spacial score (nSPS) is 18.2. The molecule has 1 aliphatic heterocycles. The van der Waals surface area contributed by atoms with E-state index in [-0.39, 0.29) is 14.3 Å². The molecule has 2 N–H and O–H groups in total. The molecular weight excluding hydrogens is 254 g/mol. The molecule has 0 fully saturated rings. The second-order valence-corrected chi connectivity index (χ2v) is 6.43. The molecule has 1 aromatic carbocycles. The molecule has 0 bridgehead atoms. The maximum Gasteiger partial charge on any atom is 0.313 e. The molecule has 1 aliphatic rings. The van der Waals surface area contributed by atoms with E-state index in [0.717, 1.165) is 0 Å². The molecule has 0 spiro atoms. The van der Waals surface area contributed by atoms with Gasteiger partial charge in [0, 0.05) is 0 Å². The Bertz CT molecular complexity index is 663. The molecule has 1 aromatic rings. The van der Waals surface area contributed by atoms with Gasteiger partial charge in [-0.1, -0.05) is 12.1 Å². The number of sulfonamides is 1. The second-order valence-electron chi connectivity index (χ2n) is 2.99. The van der Waals surface area contributed by atoms with Gasteiger partial charge in [-0.25, -0.2) is 10.1 Å². The summed E-state index contributed by atoms with van der Waals surface area (Å²) in [4.78, 5) is 3.51. The van der Waals surface area contributed by atoms with E-state index in [1.54, 1.807) is 6.07 Å². The Hall–Kier alpha value is -1.45. The van der Waals surface area contributed by atoms with Gasteiger partial charge in [-0.2, -0.15) is 16.8 Å². The lowest BCUT2D eigenvalue weighted by Gasteiger charge is -2.20. The highest BCUT2D eigenvalue weighted by molar-refractivity contribution is 8.03. The maximum atomic E-state index is 11.8. The SMILES string of the molecule is NS(=O)(=O)N1C=Nc2ccccc2S1(=O)=O. The van der Waals surface area contributed by atoms with Gasteiger partial charge in [0.15, 0.2) is 0 Å². The van der Waals surface area contributed by atoms with Gasteiger partial charge in [0.25, 0.3) is 10.0 Å². The van der Waals surface area contributed by atoms with E-state index in [1.165, 1.54) is 18.2 Å². The van der Waals surface area contributed by atoms with E-state index in [1.807, 2.05) is 0 Å². The molecule has 0 aliphatic carbocycles. The zero-order valence-electron chi connectivity index (χ0n) is 7.81. The zero-order chi connectivity index (χ0) is 12.0. The van der Waals surface area contributed by atoms with E-state index >= 15 is 0 Å². The first kappa shape index (κ1) is 11.0. The van der Waals surface area contributed by atoms with Crippen LogP contribution in [0.25, 0.3) is 0 Å². The summed E-state index contributed by atoms with van der Waals surface area (Å²) >= 11 is 0. The van der Waals surface area contributed by atoms with E-state index in [4.69, 9.17) is 5.14 Å². The van der Waals surface area contributed by atoms with Crippen LogP contribution in [0.1, 0.15) is 0 Å². The van der Waals surface area contributed by atoms with Crippen molar-refractivity contribution in [1.29, 1.82) is 0 Å². The van der Waals surface area contributed by atoms with Crippen molar-refractivity contribution in [3.8, 4) is 0 Å². The zero-order valence-corrected chi connectivity index (χ0v) is 9.44. The molecule has 16 heavy (non-hydrogen) atoms. The highest BCUT2D eigenvalue weighted by atomic mass is 32.3. The molecule has 9 heteroatoms. The first-order valence-electron chi connectivity index (χ1n) is 4.04. The van der Waals surface area contributed by atoms with Crippen molar-refractivity contribution >= 4 is 32.3 Å². The number of benzene rings is 1. The summed E-state index contributed by atoms with van der Waals surface area (Å²) in [6, 6.07) is 5.79. The highest BCUT2D eigenvalue weighted by Gasteiger charge is 2.34. The number of para-hydroxylation sites is 1. The standard InChI is InChI=1S/C7H7N3O4S2/c8-16(13,14)10-5-9-6-3-1-2-4-7(6)15(10,11)12/h1-5H,(H2,8,13,14). The topological polar surface area (TPSA) is 110 Å². The fraction of sp³-hybridized carbons (Fsp3) is 0. The van der Waals surface area contributed by atoms with Gasteiger partial charge in [0.2, 0.25) is 0 Å². The average Bonchev–Trinajstić information content (AvgIpc) is 2.15. The monoisotopic (exact) mass is 261 g/mol. The Morgan fingerprint density at radius 2 is 1.88 bits per heavy atom. The van der Waals surface area contributed by atoms with Gasteiger partial charge in [-0.15, -0.1) is 3.71 Å². The third-order valence-corrected chi connectivity index (χ3v) is 5.20. The van der Waals surface area contributed by atoms with Crippen LogP contribution in [-0.2, 0) is 20.2 Å². The van der Waals surface area contributed by atoms with Crippen LogP contribution >= 0.6 is 0 Å². The smallest absolute Gasteiger partial charge is 0.236 e. The van der Waals surface area contributed by atoms with E-state index in [9.17, 15) is 16.8 Å². The summed E-state index contributed by atoms with van der Waals surface area (Å²) in [6.07, 6.45) is 0.674. The van der Waals surface area contributed by atoms with Crippen molar-refractivity contribution in [2.45, 2.75) is 4.90 Å². The number of hydrogen-bond acceptors (Lipinski definition) is 5. The molecule has 1 heterocycles. The Kier molecular flexibility index (Phi) is 2.26. The molecule has 2 rings (SSSR count). The van der Waals surface area contributed by atoms with E-state index in [0.29, 0.717) is 6.34 Å². The van der Waals surface area contributed by atoms with E-state index < -0.39 is 20.2 Å². The van der Waals surface area contributed by atoms with Crippen LogP contribution < -0.4 is 5.14 Å². The highest BCUT2D eigenvalue weighted by Crippen LogP contribution is 2.30. The van der Waals surface area contributed by atoms with E-state index in [2.05, 4.69) is 4.99 Å². The lowest BCUT2D eigenvalue weighted by molar-refractivity contribution is 0.548. The number of rotatable bonds is 1. The molecule has 7 nitrogen and oxygen atoms in total. The Balaban J connectivity index is 2.74. The summed E-state index contributed by atoms with van der Waals surface area (Å²) in [5, 5.41) is 4.77. The molecule has 0 saturated carbocycles. The third kappa shape index (κ3) is 1.58. The van der Waals surface area contributed by atoms with Crippen LogP contribution in [0.4, 0.5) is 5.69 Å². The van der Waals surface area contributed by atoms with Crippen molar-refractivity contribution < 1.29 is 16.8 Å². The summed E-state index contributed by atoms with van der Waals surface area (Å²) in [5.74, 6) is 0. The third-order valence-electron chi connectivity index (χ3n) is 1.92. The minimum absolute atomic E-state index is 0.0440. The molecule has 0 aromatic heterocycles. The summed E-state index contributed by atoms with van der Waals surface area (Å²) in [6.45, 7) is 0. The quantitative estimate of drug-likeness (QED) is 0.738. The van der Waals surface area contributed by atoms with Crippen molar-refractivity contribution in [2.24, 2.45) is 10.1 Å². The fourth-order valence-electron chi connectivity index (χ4n) is 1.25. The number of hydrogen-bond donors (Lipinski definition) is 1. The van der Waals surface area contributed by atoms with Gasteiger partial charge in [0.1, 0.15) is 11.2 Å². The number of nitrogens with two attached hydrogens (primary N) is 1. The maximum absolute atomic E-state index is 11.8. The predicted octanol–water partition coefficient (Wildman–Crippen LogP) is -0.446. The number of aliphatic imine (C=N–C) groups is 1. The Morgan fingerprint density at radius 1 is 1.25 bits per heavy atom. The van der Waals surface area contributed by atoms with Crippen LogP contribution in [0.2, 0.25) is 0 Å². The molecule has 0 unspecified atom stereocenters. The van der Waals surface area contributed by atoms with Crippen LogP contribution in [-0.4, -0.2) is 26.9 Å². The van der Waals surface area contributed by atoms with Crippen molar-refractivity contribution in [1.82, 2.24) is 3.71 Å². The molecular formula is C7H7N3O4S2. The molecule has 0 radical (unpaired) electrons. The van der Waals surface area contributed by atoms with Crippen molar-refractivity contribution in [3.63, 3.8) is 0 Å². The minimum atomic E-state index is -4.38. The average molecular weight is 261 g/mol. The number of nitrogens with zero attached hydrogens (tertiary/aromatic N) is 2. The van der Waals surface area contributed by atoms with Crippen molar-refractivity contribution in [3.05, 3.63) is 24.3 Å². The van der Waals surface area contributed by atoms with Gasteiger partial charge in [0.05, 0.1) is 5.69 Å². The minimum Gasteiger partial charge on any atom is -0.236 e. The molecule has 86 valence electrons. The van der Waals surface area contributed by atoms with Gasteiger partial charge >= 0.3 is 10.2 Å². The summed E-state index contributed by atoms with van der Waals surface area (Å²) < 4.78 is 45.8. The van der Waals surface area contributed by atoms with Crippen LogP contribution in [0.5, 0.6) is 0 Å². The Labute approximate surface area is 92.4 Å². The molecule has 0 amide bonds. The lowest BCUT2D eigenvalue weighted by Crippen LogP contribution is -2.41. The number of fused-ring (bicyclic) bond motifs is 1. The molecule has 0 atom stereocenters. The first-order chi connectivity index (χ1) is 7.33. The Morgan fingerprint density at radius 3 is 2.50 bits per heavy atom. The van der Waals surface area contributed by atoms with Gasteiger partial charge in [-0.3, -0.25) is 0 Å². The lowest BCUT2D eigenvalue weighted by atomic mass is 10.3. The van der Waals surface area contributed by atoms with Crippen LogP contribution in [0, 0.1) is 0 Å². The first-order valence-corrected chi connectivity index (χ1v) is 6.98. The van der Waals surface area contributed by atoms with Crippen LogP contribution in [0.15, 0.2) is 34.2 Å².